The van der Waals surface area contributed by atoms with Crippen molar-refractivity contribution >= 4 is 12.8 Å². The molecule has 0 fully saturated rings. The molecule has 0 unspecified atom stereocenters. The number of ether oxygens (including phenoxy) is 1. The van der Waals surface area contributed by atoms with Crippen molar-refractivity contribution in [1.82, 2.24) is 15.0 Å². The standard InChI is InChI=1S/C56H38N4O/c1-36-37(34-35-57-2)20-13-21-42(36)44-23-15-27-48-52(44)51-43(22-14-26-47(51)56(48)45-24-9-11-28-49(45)61-50-29-12-10-25-46(50)56)38-30-32-41(33-31-38)55-59-53(39-16-5-3-6-17-39)58-54(60-55)40-18-7-4-8-19-40/h3-35H,2H2,1H3/b35-34-. The first-order valence-corrected chi connectivity index (χ1v) is 20.5. The molecule has 0 radical (unpaired) electrons. The summed E-state index contributed by atoms with van der Waals surface area (Å²) in [5, 5.41) is 0. The number of nitrogens with zero attached hydrogens (tertiary/aromatic N) is 4. The first-order valence-electron chi connectivity index (χ1n) is 20.5. The summed E-state index contributed by atoms with van der Waals surface area (Å²) in [6.45, 7) is 5.88. The molecular formula is C56H38N4O. The van der Waals surface area contributed by atoms with Crippen LogP contribution in [0.25, 0.3) is 73.6 Å². The van der Waals surface area contributed by atoms with Gasteiger partial charge in [0.25, 0.3) is 0 Å². The highest BCUT2D eigenvalue weighted by Gasteiger charge is 2.52. The molecule has 2 aliphatic rings. The number of fused-ring (bicyclic) bond motifs is 9. The van der Waals surface area contributed by atoms with Gasteiger partial charge in [0.1, 0.15) is 11.5 Å². The molecule has 2 heterocycles. The van der Waals surface area contributed by atoms with Gasteiger partial charge in [-0.1, -0.05) is 176 Å². The highest BCUT2D eigenvalue weighted by molar-refractivity contribution is 6.03. The van der Waals surface area contributed by atoms with Crippen LogP contribution in [0, 0.1) is 6.92 Å². The first-order chi connectivity index (χ1) is 30.1. The van der Waals surface area contributed by atoms with Crippen LogP contribution in [0.1, 0.15) is 33.4 Å². The van der Waals surface area contributed by atoms with Crippen molar-refractivity contribution in [3.05, 3.63) is 228 Å². The molecule has 5 heteroatoms. The van der Waals surface area contributed by atoms with Gasteiger partial charge in [0.05, 0.1) is 5.41 Å². The average Bonchev–Trinajstić information content (AvgIpc) is 3.63. The third-order valence-corrected chi connectivity index (χ3v) is 12.2. The number of aromatic nitrogens is 3. The Hall–Kier alpha value is -8.02. The largest absolute Gasteiger partial charge is 0.457 e. The predicted octanol–water partition coefficient (Wildman–Crippen LogP) is 13.7. The molecule has 11 rings (SSSR count). The van der Waals surface area contributed by atoms with Crippen molar-refractivity contribution in [2.24, 2.45) is 4.99 Å². The summed E-state index contributed by atoms with van der Waals surface area (Å²) in [5.41, 5.74) is 16.1. The fourth-order valence-electron chi connectivity index (χ4n) is 9.45. The number of aliphatic imine (C=N–C) groups is 1. The number of hydrogen-bond acceptors (Lipinski definition) is 5. The zero-order valence-electron chi connectivity index (χ0n) is 33.5. The Balaban J connectivity index is 1.14. The van der Waals surface area contributed by atoms with E-state index < -0.39 is 5.41 Å². The summed E-state index contributed by atoms with van der Waals surface area (Å²) < 4.78 is 6.69. The Morgan fingerprint density at radius 1 is 0.443 bits per heavy atom. The van der Waals surface area contributed by atoms with Gasteiger partial charge in [-0.25, -0.2) is 15.0 Å². The van der Waals surface area contributed by atoms with E-state index in [1.165, 1.54) is 38.9 Å². The zero-order valence-corrected chi connectivity index (χ0v) is 33.5. The molecule has 0 saturated carbocycles. The van der Waals surface area contributed by atoms with Crippen molar-refractivity contribution in [3.8, 4) is 79.0 Å². The maximum absolute atomic E-state index is 6.69. The molecule has 1 aliphatic carbocycles. The number of rotatable bonds is 7. The van der Waals surface area contributed by atoms with Crippen LogP contribution in [0.3, 0.4) is 0 Å². The van der Waals surface area contributed by atoms with E-state index in [0.29, 0.717) is 17.5 Å². The summed E-state index contributed by atoms with van der Waals surface area (Å²) in [4.78, 5) is 19.0. The van der Waals surface area contributed by atoms with Crippen LogP contribution in [0.4, 0.5) is 0 Å². The van der Waals surface area contributed by atoms with Gasteiger partial charge in [-0.2, -0.15) is 0 Å². The Bertz CT molecular complexity index is 3090. The summed E-state index contributed by atoms with van der Waals surface area (Å²) in [6.07, 6.45) is 3.78. The topological polar surface area (TPSA) is 60.3 Å². The SMILES string of the molecule is C=N/C=C\c1cccc(-c2cccc3c2-c2c(-c4ccc(-c5nc(-c6ccccc6)nc(-c6ccccc6)n5)cc4)cccc2C32c3ccccc3Oc3ccccc32)c1C. The smallest absolute Gasteiger partial charge is 0.164 e. The van der Waals surface area contributed by atoms with Crippen molar-refractivity contribution in [2.45, 2.75) is 12.3 Å². The summed E-state index contributed by atoms with van der Waals surface area (Å²) in [6, 6.07) is 66.0. The van der Waals surface area contributed by atoms with Crippen molar-refractivity contribution in [2.75, 3.05) is 0 Å². The normalized spacial score (nSPS) is 12.9. The van der Waals surface area contributed by atoms with Gasteiger partial charge >= 0.3 is 0 Å². The molecule has 1 spiro atoms. The van der Waals surface area contributed by atoms with E-state index >= 15 is 0 Å². The zero-order chi connectivity index (χ0) is 40.9. The van der Waals surface area contributed by atoms with Gasteiger partial charge in [-0.15, -0.1) is 0 Å². The number of benzene rings is 8. The molecule has 1 aromatic heterocycles. The maximum atomic E-state index is 6.69. The number of hydrogen-bond donors (Lipinski definition) is 0. The van der Waals surface area contributed by atoms with Crippen LogP contribution in [0.5, 0.6) is 11.5 Å². The van der Waals surface area contributed by atoms with E-state index in [1.807, 2.05) is 66.7 Å². The Labute approximate surface area is 355 Å². The minimum Gasteiger partial charge on any atom is -0.457 e. The lowest BCUT2D eigenvalue weighted by atomic mass is 9.66. The maximum Gasteiger partial charge on any atom is 0.164 e. The summed E-state index contributed by atoms with van der Waals surface area (Å²) in [5.74, 6) is 3.62. The third-order valence-electron chi connectivity index (χ3n) is 12.2. The Morgan fingerprint density at radius 2 is 0.885 bits per heavy atom. The molecule has 288 valence electrons. The van der Waals surface area contributed by atoms with Crippen molar-refractivity contribution in [1.29, 1.82) is 0 Å². The van der Waals surface area contributed by atoms with Crippen molar-refractivity contribution in [3.63, 3.8) is 0 Å². The Kier molecular flexibility index (Phi) is 8.68. The predicted molar refractivity (Wildman–Crippen MR) is 248 cm³/mol. The molecule has 9 aromatic rings. The highest BCUT2D eigenvalue weighted by Crippen LogP contribution is 2.64. The van der Waals surface area contributed by atoms with E-state index in [4.69, 9.17) is 19.7 Å². The molecular weight excluding hydrogens is 745 g/mol. The molecule has 1 aliphatic heterocycles. The molecule has 61 heavy (non-hydrogen) atoms. The van der Waals surface area contributed by atoms with Crippen LogP contribution < -0.4 is 4.74 Å². The molecule has 0 amide bonds. The minimum absolute atomic E-state index is 0.621. The van der Waals surface area contributed by atoms with Crippen LogP contribution >= 0.6 is 0 Å². The monoisotopic (exact) mass is 782 g/mol. The highest BCUT2D eigenvalue weighted by atomic mass is 16.5. The average molecular weight is 783 g/mol. The summed E-state index contributed by atoms with van der Waals surface area (Å²) in [7, 11) is 0. The van der Waals surface area contributed by atoms with Crippen LogP contribution in [-0.4, -0.2) is 21.7 Å². The van der Waals surface area contributed by atoms with Crippen LogP contribution in [0.2, 0.25) is 0 Å². The fraction of sp³-hybridized carbons (Fsp3) is 0.0357. The fourth-order valence-corrected chi connectivity index (χ4v) is 9.45. The van der Waals surface area contributed by atoms with Gasteiger partial charge in [-0.05, 0) is 87.5 Å². The molecule has 0 saturated heterocycles. The third kappa shape index (κ3) is 5.77. The molecule has 0 atom stereocenters. The van der Waals surface area contributed by atoms with E-state index in [1.54, 1.807) is 6.20 Å². The van der Waals surface area contributed by atoms with Crippen LogP contribution in [-0.2, 0) is 5.41 Å². The van der Waals surface area contributed by atoms with E-state index in [9.17, 15) is 0 Å². The second kappa shape index (κ2) is 14.7. The van der Waals surface area contributed by atoms with Gasteiger partial charge in [0, 0.05) is 34.0 Å². The van der Waals surface area contributed by atoms with Crippen molar-refractivity contribution < 1.29 is 4.74 Å². The van der Waals surface area contributed by atoms with Gasteiger partial charge in [-0.3, -0.25) is 4.99 Å². The van der Waals surface area contributed by atoms with Gasteiger partial charge in [0.15, 0.2) is 17.5 Å². The number of para-hydroxylation sites is 2. The van der Waals surface area contributed by atoms with Crippen LogP contribution in [0.15, 0.2) is 199 Å². The quantitative estimate of drug-likeness (QED) is 0.151. The molecule has 0 bridgehead atoms. The molecule has 5 nitrogen and oxygen atoms in total. The lowest BCUT2D eigenvalue weighted by Gasteiger charge is -2.39. The van der Waals surface area contributed by atoms with Gasteiger partial charge in [0.2, 0.25) is 0 Å². The molecule has 0 N–H and O–H groups in total. The summed E-state index contributed by atoms with van der Waals surface area (Å²) >= 11 is 0. The van der Waals surface area contributed by atoms with E-state index in [0.717, 1.165) is 56.0 Å². The van der Waals surface area contributed by atoms with E-state index in [2.05, 4.69) is 146 Å². The second-order valence-electron chi connectivity index (χ2n) is 15.4. The lowest BCUT2D eigenvalue weighted by Crippen LogP contribution is -2.32. The first kappa shape index (κ1) is 36.1. The molecule has 8 aromatic carbocycles. The second-order valence-corrected chi connectivity index (χ2v) is 15.4. The van der Waals surface area contributed by atoms with E-state index in [-0.39, 0.29) is 0 Å². The Morgan fingerprint density at radius 3 is 1.46 bits per heavy atom. The minimum atomic E-state index is -0.632. The lowest BCUT2D eigenvalue weighted by molar-refractivity contribution is 0.436. The van der Waals surface area contributed by atoms with Gasteiger partial charge < -0.3 is 4.74 Å².